The molecule has 68 heavy (non-hydrogen) atoms. The van der Waals surface area contributed by atoms with Crippen LogP contribution in [-0.2, 0) is 50.3 Å². The molecule has 394 valence electrons. The second-order valence-electron chi connectivity index (χ2n) is 20.3. The normalized spacial score (nSPS) is 16.3. The topological polar surface area (TPSA) is 163 Å². The van der Waals surface area contributed by atoms with Gasteiger partial charge in [-0.25, -0.2) is 4.57 Å². The van der Waals surface area contributed by atoms with Crippen LogP contribution in [-0.4, -0.2) is 65.4 Å². The molecule has 1 aromatic rings. The molecular weight excluding hydrogens is 878 g/mol. The number of nitrogens with zero attached hydrogens (tertiary/aromatic N) is 2. The first-order valence-corrected chi connectivity index (χ1v) is 29.5. The van der Waals surface area contributed by atoms with Gasteiger partial charge in [0.05, 0.1) is 30.0 Å². The van der Waals surface area contributed by atoms with Crippen LogP contribution in [0, 0.1) is 19.3 Å². The molecule has 1 heterocycles. The lowest BCUT2D eigenvalue weighted by Crippen LogP contribution is -2.42. The van der Waals surface area contributed by atoms with E-state index >= 15 is 0 Å². The number of nitrogens with one attached hydrogen (secondary N) is 1. The van der Waals surface area contributed by atoms with E-state index in [0.717, 1.165) is 68.3 Å². The molecule has 0 spiro atoms. The summed E-state index contributed by atoms with van der Waals surface area (Å²) in [6, 6.07) is 0. The minimum absolute atomic E-state index is 0.00359. The molecule has 0 saturated carbocycles. The van der Waals surface area contributed by atoms with Gasteiger partial charge >= 0.3 is 19.8 Å². The molecule has 0 saturated heterocycles. The monoisotopic (exact) mass is 978 g/mol. The average Bonchev–Trinajstić information content (AvgIpc) is 3.31. The summed E-state index contributed by atoms with van der Waals surface area (Å²) in [5, 5.41) is 11.5. The van der Waals surface area contributed by atoms with Crippen molar-refractivity contribution in [3.63, 3.8) is 0 Å². The van der Waals surface area contributed by atoms with Crippen LogP contribution in [0.2, 0.25) is 0 Å². The Labute approximate surface area is 414 Å². The van der Waals surface area contributed by atoms with E-state index < -0.39 is 37.9 Å². The van der Waals surface area contributed by atoms with E-state index in [-0.39, 0.29) is 38.5 Å². The summed E-state index contributed by atoms with van der Waals surface area (Å²) >= 11 is 0. The molecule has 0 aliphatic heterocycles. The van der Waals surface area contributed by atoms with Gasteiger partial charge in [0.25, 0.3) is 0 Å². The summed E-state index contributed by atoms with van der Waals surface area (Å²) in [5.41, 5.74) is 3.27. The molecule has 0 radical (unpaired) electrons. The van der Waals surface area contributed by atoms with Crippen LogP contribution in [0.15, 0.2) is 0 Å². The minimum atomic E-state index is -4.61. The average molecular weight is 978 g/mol. The first-order chi connectivity index (χ1) is 32.9. The lowest BCUT2D eigenvalue weighted by atomic mass is 9.74. The number of amides is 1. The van der Waals surface area contributed by atoms with Crippen molar-refractivity contribution < 1.29 is 42.4 Å². The van der Waals surface area contributed by atoms with E-state index in [4.69, 9.17) is 18.5 Å². The predicted octanol–water partition coefficient (Wildman–Crippen LogP) is 14.6. The number of carbonyl (C=O) groups excluding carboxylic acids is 3. The maximum atomic E-state index is 13.5. The molecule has 0 fully saturated rings. The Morgan fingerprint density at radius 3 is 1.50 bits per heavy atom. The number of fused-ring (bicyclic) bond motifs is 1. The number of phosphoric ester groups is 1. The van der Waals surface area contributed by atoms with Crippen LogP contribution in [0.3, 0.4) is 0 Å². The van der Waals surface area contributed by atoms with Gasteiger partial charge in [-0.2, -0.15) is 10.2 Å². The third-order valence-electron chi connectivity index (χ3n) is 13.9. The van der Waals surface area contributed by atoms with E-state index in [1.807, 2.05) is 20.8 Å². The summed E-state index contributed by atoms with van der Waals surface area (Å²) in [5.74, 6) is -1.03. The lowest BCUT2D eigenvalue weighted by molar-refractivity contribution is -0.161. The largest absolute Gasteiger partial charge is 0.472 e. The number of unbranched alkanes of at least 4 members (excludes halogenated alkanes) is 28. The SMILES string of the molecule is CCCCCCCCCCCCCCCCCC(=O)OCC(COP(=O)(O)OCCNC(=O)C1(C)CCCCc2c(C)nnc(C)c2C1)OC(=O)CCCCCCCCCCCCCCCCC. The smallest absolute Gasteiger partial charge is 0.462 e. The zero-order valence-electron chi connectivity index (χ0n) is 44.1. The third-order valence-corrected chi connectivity index (χ3v) is 14.9. The fourth-order valence-electron chi connectivity index (χ4n) is 9.42. The Bertz CT molecular complexity index is 1530. The highest BCUT2D eigenvalue weighted by molar-refractivity contribution is 7.47. The van der Waals surface area contributed by atoms with Gasteiger partial charge in [0.2, 0.25) is 5.91 Å². The fraction of sp³-hybridized carbons (Fsp3) is 0.873. The van der Waals surface area contributed by atoms with Crippen molar-refractivity contribution in [3.8, 4) is 0 Å². The molecule has 2 N–H and O–H groups in total. The third kappa shape index (κ3) is 30.4. The van der Waals surface area contributed by atoms with Gasteiger partial charge in [-0.05, 0) is 63.5 Å². The van der Waals surface area contributed by atoms with E-state index in [2.05, 4.69) is 29.4 Å². The Hall–Kier alpha value is -2.40. The van der Waals surface area contributed by atoms with Crippen LogP contribution >= 0.6 is 7.82 Å². The summed E-state index contributed by atoms with van der Waals surface area (Å²) in [4.78, 5) is 49.7. The summed E-state index contributed by atoms with van der Waals surface area (Å²) in [6.07, 6.45) is 40.3. The number of esters is 2. The van der Waals surface area contributed by atoms with Crippen molar-refractivity contribution in [1.29, 1.82) is 0 Å². The van der Waals surface area contributed by atoms with Crippen LogP contribution < -0.4 is 5.32 Å². The molecule has 1 aromatic heterocycles. The molecule has 3 atom stereocenters. The molecule has 1 aliphatic carbocycles. The van der Waals surface area contributed by atoms with Gasteiger partial charge in [0.1, 0.15) is 6.61 Å². The van der Waals surface area contributed by atoms with Crippen LogP contribution in [0.25, 0.3) is 0 Å². The van der Waals surface area contributed by atoms with Gasteiger partial charge < -0.3 is 19.7 Å². The van der Waals surface area contributed by atoms with Gasteiger partial charge in [0.15, 0.2) is 6.10 Å². The molecule has 1 amide bonds. The molecule has 0 aromatic carbocycles. The Kier molecular flexibility index (Phi) is 35.6. The molecule has 3 unspecified atom stereocenters. The summed E-state index contributed by atoms with van der Waals surface area (Å²) < 4.78 is 34.6. The molecule has 2 rings (SSSR count). The van der Waals surface area contributed by atoms with Crippen LogP contribution in [0.5, 0.6) is 0 Å². The first kappa shape index (κ1) is 61.7. The van der Waals surface area contributed by atoms with Gasteiger partial charge in [-0.1, -0.05) is 207 Å². The van der Waals surface area contributed by atoms with Gasteiger partial charge in [-0.3, -0.25) is 23.4 Å². The highest BCUT2D eigenvalue weighted by Crippen LogP contribution is 2.43. The number of rotatable bonds is 43. The number of ether oxygens (including phenoxy) is 2. The number of hydrogen-bond acceptors (Lipinski definition) is 10. The zero-order chi connectivity index (χ0) is 49.6. The summed E-state index contributed by atoms with van der Waals surface area (Å²) in [7, 11) is -4.61. The van der Waals surface area contributed by atoms with Crippen LogP contribution in [0.1, 0.15) is 268 Å². The molecule has 13 heteroatoms. The second kappa shape index (κ2) is 39.2. The van der Waals surface area contributed by atoms with Gasteiger partial charge in [-0.15, -0.1) is 0 Å². The van der Waals surface area contributed by atoms with E-state index in [9.17, 15) is 23.8 Å². The van der Waals surface area contributed by atoms with Crippen molar-refractivity contribution in [3.05, 3.63) is 22.5 Å². The zero-order valence-corrected chi connectivity index (χ0v) is 45.0. The quantitative estimate of drug-likeness (QED) is 0.0364. The number of phosphoric acid groups is 1. The molecule has 12 nitrogen and oxygen atoms in total. The molecular formula is C55H100N3O9P. The Morgan fingerprint density at radius 1 is 0.603 bits per heavy atom. The number of aryl methyl sites for hydroxylation is 2. The van der Waals surface area contributed by atoms with Crippen LogP contribution in [0.4, 0.5) is 0 Å². The standard InChI is InChI=1S/C55H100N3O9P/c1-6-8-10-12-14-16-18-20-22-24-26-28-30-32-34-39-52(59)64-45-49(67-53(60)40-35-33-31-29-27-25-23-21-19-17-15-13-11-9-7-2)46-66-68(62,63)65-43-42-56-54(61)55(5)41-37-36-38-50-47(3)57-58-48(4)51(50)44-55/h49H,6-46H2,1-5H3,(H,56,61)(H,62,63). The molecule has 1 aliphatic rings. The number of hydrogen-bond donors (Lipinski definition) is 2. The highest BCUT2D eigenvalue weighted by Gasteiger charge is 2.36. The molecule has 0 bridgehead atoms. The van der Waals surface area contributed by atoms with Crippen molar-refractivity contribution >= 4 is 25.7 Å². The Morgan fingerprint density at radius 2 is 1.03 bits per heavy atom. The fourth-order valence-corrected chi connectivity index (χ4v) is 10.2. The number of aromatic nitrogens is 2. The van der Waals surface area contributed by atoms with E-state index in [1.54, 1.807) is 0 Å². The maximum absolute atomic E-state index is 13.5. The highest BCUT2D eigenvalue weighted by atomic mass is 31.2. The minimum Gasteiger partial charge on any atom is -0.462 e. The first-order valence-electron chi connectivity index (χ1n) is 28.0. The Balaban J connectivity index is 1.75. The van der Waals surface area contributed by atoms with Crippen molar-refractivity contribution in [2.75, 3.05) is 26.4 Å². The second-order valence-corrected chi connectivity index (χ2v) is 21.8. The summed E-state index contributed by atoms with van der Waals surface area (Å²) in [6.45, 7) is 9.30. The van der Waals surface area contributed by atoms with E-state index in [1.165, 1.54) is 153 Å². The maximum Gasteiger partial charge on any atom is 0.472 e. The van der Waals surface area contributed by atoms with Gasteiger partial charge in [0, 0.05) is 19.4 Å². The van der Waals surface area contributed by atoms with Crippen molar-refractivity contribution in [2.45, 2.75) is 278 Å². The van der Waals surface area contributed by atoms with E-state index in [0.29, 0.717) is 25.7 Å². The predicted molar refractivity (Wildman–Crippen MR) is 276 cm³/mol. The number of carbonyl (C=O) groups is 3. The van der Waals surface area contributed by atoms with Crippen molar-refractivity contribution in [1.82, 2.24) is 15.5 Å². The van der Waals surface area contributed by atoms with Crippen molar-refractivity contribution in [2.24, 2.45) is 5.41 Å². The lowest BCUT2D eigenvalue weighted by Gasteiger charge is -2.32.